The summed E-state index contributed by atoms with van der Waals surface area (Å²) in [6.07, 6.45) is 3.37. The molecule has 0 spiro atoms. The topological polar surface area (TPSA) is 76.0 Å². The zero-order valence-corrected chi connectivity index (χ0v) is 20.5. The summed E-state index contributed by atoms with van der Waals surface area (Å²) in [5.74, 6) is -1.70. The van der Waals surface area contributed by atoms with E-state index in [1.807, 2.05) is 6.08 Å². The highest BCUT2D eigenvalue weighted by atomic mass is 19.4. The minimum Gasteiger partial charge on any atom is -0.361 e. The van der Waals surface area contributed by atoms with Crippen LogP contribution in [-0.2, 0) is 0 Å². The van der Waals surface area contributed by atoms with E-state index in [-0.39, 0.29) is 28.1 Å². The minimum absolute atomic E-state index is 0.109. The van der Waals surface area contributed by atoms with Crippen LogP contribution in [0, 0.1) is 23.5 Å². The largest absolute Gasteiger partial charge is 0.405 e. The molecule has 2 aromatic heterocycles. The van der Waals surface area contributed by atoms with Crippen LogP contribution in [0.25, 0.3) is 16.7 Å². The van der Waals surface area contributed by atoms with E-state index >= 15 is 0 Å². The Morgan fingerprint density at radius 3 is 2.63 bits per heavy atom. The Kier molecular flexibility index (Phi) is 8.13. The summed E-state index contributed by atoms with van der Waals surface area (Å²) in [4.78, 5) is 30.2. The standard InChI is InChI=1S/C27H27F5N4O2/c1-2-3-16-4-5-17(12-16)10-11-33-26(38)20-14-36(22-8-6-18(28)13-21(22)29)25-19(24(20)37)7-9-23(35-25)34-15-27(30,31)32/h2,6-9,13-14,16-17H,1,3-5,10-12,15H2,(H,33,38)(H,34,35). The van der Waals surface area contributed by atoms with Crippen molar-refractivity contribution in [3.05, 3.63) is 76.6 Å². The number of halogens is 5. The molecule has 1 fully saturated rings. The van der Waals surface area contributed by atoms with Gasteiger partial charge in [-0.25, -0.2) is 13.8 Å². The highest BCUT2D eigenvalue weighted by Gasteiger charge is 2.27. The van der Waals surface area contributed by atoms with Crippen molar-refractivity contribution in [3.63, 3.8) is 0 Å². The van der Waals surface area contributed by atoms with Crippen molar-refractivity contribution in [3.8, 4) is 5.69 Å². The summed E-state index contributed by atoms with van der Waals surface area (Å²) in [6.45, 7) is 2.74. The number of aromatic nitrogens is 2. The lowest BCUT2D eigenvalue weighted by Gasteiger charge is -2.16. The van der Waals surface area contributed by atoms with Crippen LogP contribution in [0.4, 0.5) is 27.8 Å². The molecule has 2 heterocycles. The maximum Gasteiger partial charge on any atom is 0.405 e. The maximum absolute atomic E-state index is 14.7. The zero-order chi connectivity index (χ0) is 27.4. The maximum atomic E-state index is 14.7. The number of alkyl halides is 3. The predicted octanol–water partition coefficient (Wildman–Crippen LogP) is 5.75. The molecule has 3 aromatic rings. The second-order valence-electron chi connectivity index (χ2n) is 9.49. The average Bonchev–Trinajstić information content (AvgIpc) is 3.30. The van der Waals surface area contributed by atoms with Gasteiger partial charge in [0.1, 0.15) is 29.6 Å². The van der Waals surface area contributed by atoms with Gasteiger partial charge in [-0.2, -0.15) is 13.2 Å². The SMILES string of the molecule is C=CCC1CCC(CCNC(=O)c2cn(-c3ccc(F)cc3F)c3nc(NCC(F)(F)F)ccc3c2=O)C1. The molecule has 0 bridgehead atoms. The smallest absolute Gasteiger partial charge is 0.361 e. The molecule has 0 aliphatic heterocycles. The number of hydrogen-bond donors (Lipinski definition) is 2. The second kappa shape index (κ2) is 11.3. The first-order valence-corrected chi connectivity index (χ1v) is 12.3. The van der Waals surface area contributed by atoms with Crippen molar-refractivity contribution >= 4 is 22.8 Å². The molecule has 2 unspecified atom stereocenters. The Morgan fingerprint density at radius 2 is 1.92 bits per heavy atom. The lowest BCUT2D eigenvalue weighted by atomic mass is 9.99. The van der Waals surface area contributed by atoms with Gasteiger partial charge in [-0.3, -0.25) is 14.2 Å². The average molecular weight is 535 g/mol. The van der Waals surface area contributed by atoms with E-state index < -0.39 is 35.7 Å². The molecule has 1 aliphatic rings. The lowest BCUT2D eigenvalue weighted by Crippen LogP contribution is -2.31. The Morgan fingerprint density at radius 1 is 1.16 bits per heavy atom. The molecule has 6 nitrogen and oxygen atoms in total. The quantitative estimate of drug-likeness (QED) is 0.271. The van der Waals surface area contributed by atoms with E-state index in [0.29, 0.717) is 24.4 Å². The van der Waals surface area contributed by atoms with Crippen molar-refractivity contribution in [2.45, 2.75) is 38.3 Å². The van der Waals surface area contributed by atoms with Crippen LogP contribution in [0.5, 0.6) is 0 Å². The first-order valence-electron chi connectivity index (χ1n) is 12.3. The Labute approximate surface area is 215 Å². The van der Waals surface area contributed by atoms with Gasteiger partial charge in [0.2, 0.25) is 5.43 Å². The van der Waals surface area contributed by atoms with Crippen LogP contribution in [-0.4, -0.2) is 34.7 Å². The van der Waals surface area contributed by atoms with Gasteiger partial charge in [-0.1, -0.05) is 12.5 Å². The molecule has 1 amide bonds. The number of carbonyl (C=O) groups excluding carboxylic acids is 1. The molecular weight excluding hydrogens is 507 g/mol. The van der Waals surface area contributed by atoms with Gasteiger partial charge in [0.15, 0.2) is 5.65 Å². The number of nitrogens with zero attached hydrogens (tertiary/aromatic N) is 2. The van der Waals surface area contributed by atoms with Gasteiger partial charge >= 0.3 is 6.18 Å². The van der Waals surface area contributed by atoms with Crippen molar-refractivity contribution in [2.24, 2.45) is 11.8 Å². The zero-order valence-electron chi connectivity index (χ0n) is 20.5. The van der Waals surface area contributed by atoms with E-state index in [1.54, 1.807) is 0 Å². The number of allylic oxidation sites excluding steroid dienone is 1. The minimum atomic E-state index is -4.52. The molecule has 1 aromatic carbocycles. The molecule has 11 heteroatoms. The van der Waals surface area contributed by atoms with E-state index in [2.05, 4.69) is 22.2 Å². The van der Waals surface area contributed by atoms with Crippen LogP contribution in [0.15, 0.2) is 54.0 Å². The fourth-order valence-corrected chi connectivity index (χ4v) is 4.89. The van der Waals surface area contributed by atoms with Gasteiger partial charge in [-0.05, 0) is 61.8 Å². The highest BCUT2D eigenvalue weighted by molar-refractivity contribution is 5.97. The Bertz CT molecular complexity index is 1400. The van der Waals surface area contributed by atoms with Gasteiger partial charge in [0.25, 0.3) is 5.91 Å². The van der Waals surface area contributed by atoms with E-state index in [0.717, 1.165) is 55.0 Å². The van der Waals surface area contributed by atoms with Crippen molar-refractivity contribution in [2.75, 3.05) is 18.4 Å². The van der Waals surface area contributed by atoms with Crippen LogP contribution < -0.4 is 16.1 Å². The number of nitrogens with one attached hydrogen (secondary N) is 2. The summed E-state index contributed by atoms with van der Waals surface area (Å²) in [6, 6.07) is 5.08. The molecule has 38 heavy (non-hydrogen) atoms. The number of benzene rings is 1. The Balaban J connectivity index is 1.65. The number of rotatable bonds is 9. The van der Waals surface area contributed by atoms with Crippen molar-refractivity contribution < 1.29 is 26.7 Å². The third-order valence-electron chi connectivity index (χ3n) is 6.72. The highest BCUT2D eigenvalue weighted by Crippen LogP contribution is 2.35. The number of pyridine rings is 2. The molecule has 2 atom stereocenters. The van der Waals surface area contributed by atoms with Gasteiger partial charge in [0.05, 0.1) is 11.1 Å². The number of amides is 1. The molecule has 2 N–H and O–H groups in total. The summed E-state index contributed by atoms with van der Waals surface area (Å²) in [5, 5.41) is 4.75. The normalized spacial score (nSPS) is 17.5. The number of hydrogen-bond acceptors (Lipinski definition) is 4. The summed E-state index contributed by atoms with van der Waals surface area (Å²) < 4.78 is 67.4. The fourth-order valence-electron chi connectivity index (χ4n) is 4.89. The first-order chi connectivity index (χ1) is 18.1. The third-order valence-corrected chi connectivity index (χ3v) is 6.72. The molecular formula is C27H27F5N4O2. The molecule has 1 saturated carbocycles. The van der Waals surface area contributed by atoms with Crippen LogP contribution in [0.1, 0.15) is 42.5 Å². The summed E-state index contributed by atoms with van der Waals surface area (Å²) >= 11 is 0. The van der Waals surface area contributed by atoms with Gasteiger partial charge < -0.3 is 10.6 Å². The van der Waals surface area contributed by atoms with E-state index in [4.69, 9.17) is 0 Å². The van der Waals surface area contributed by atoms with Crippen LogP contribution in [0.3, 0.4) is 0 Å². The number of anilines is 1. The van der Waals surface area contributed by atoms with Crippen molar-refractivity contribution in [1.82, 2.24) is 14.9 Å². The summed E-state index contributed by atoms with van der Waals surface area (Å²) in [5.41, 5.74) is -1.43. The molecule has 202 valence electrons. The van der Waals surface area contributed by atoms with Crippen molar-refractivity contribution in [1.29, 1.82) is 0 Å². The third kappa shape index (κ3) is 6.38. The predicted molar refractivity (Wildman–Crippen MR) is 134 cm³/mol. The second-order valence-corrected chi connectivity index (χ2v) is 9.49. The van der Waals surface area contributed by atoms with E-state index in [9.17, 15) is 31.5 Å². The number of carbonyl (C=O) groups is 1. The van der Waals surface area contributed by atoms with Crippen LogP contribution in [0.2, 0.25) is 0 Å². The molecule has 1 aliphatic carbocycles. The molecule has 0 saturated heterocycles. The monoisotopic (exact) mass is 534 g/mol. The first kappa shape index (κ1) is 27.3. The molecule has 4 rings (SSSR count). The van der Waals surface area contributed by atoms with E-state index in [1.165, 1.54) is 12.1 Å². The van der Waals surface area contributed by atoms with Crippen LogP contribution >= 0.6 is 0 Å². The van der Waals surface area contributed by atoms with Gasteiger partial charge in [-0.15, -0.1) is 6.58 Å². The Hall–Kier alpha value is -3.76. The summed E-state index contributed by atoms with van der Waals surface area (Å²) in [7, 11) is 0. The fraction of sp³-hybridized carbons (Fsp3) is 0.370. The number of fused-ring (bicyclic) bond motifs is 1. The molecule has 0 radical (unpaired) electrons. The van der Waals surface area contributed by atoms with Gasteiger partial charge in [0, 0.05) is 18.8 Å². The lowest BCUT2D eigenvalue weighted by molar-refractivity contribution is -0.115.